The van der Waals surface area contributed by atoms with Gasteiger partial charge in [0.25, 0.3) is 0 Å². The second kappa shape index (κ2) is 13.0. The van der Waals surface area contributed by atoms with Crippen molar-refractivity contribution in [2.75, 3.05) is 26.5 Å². The van der Waals surface area contributed by atoms with Crippen molar-refractivity contribution in [2.45, 2.75) is 31.3 Å². The van der Waals surface area contributed by atoms with E-state index in [0.717, 1.165) is 46.4 Å². The van der Waals surface area contributed by atoms with E-state index in [1.165, 1.54) is 5.56 Å². The molecule has 1 aromatic heterocycles. The topological polar surface area (TPSA) is 78.3 Å². The molecule has 0 saturated carbocycles. The fraction of sp³-hybridized carbons (Fsp3) is 0.276. The summed E-state index contributed by atoms with van der Waals surface area (Å²) in [6.45, 7) is 2.65. The first-order valence-electron chi connectivity index (χ1n) is 12.3. The average Bonchev–Trinajstić information content (AvgIpc) is 3.35. The number of carbonyl (C=O) groups excluding carboxylic acids is 1. The van der Waals surface area contributed by atoms with Gasteiger partial charge in [-0.25, -0.2) is 0 Å². The van der Waals surface area contributed by atoms with Crippen LogP contribution in [0, 0.1) is 6.92 Å². The number of carbonyl (C=O) groups is 1. The SMILES string of the molecule is COc1ccc(CCNC(=O)CCCSc2nnc(-c3ccccc3)n2-c2cccc(C)c2)cc1OC. The number of hydrogen-bond acceptors (Lipinski definition) is 6. The van der Waals surface area contributed by atoms with E-state index >= 15 is 0 Å². The fourth-order valence-electron chi connectivity index (χ4n) is 4.00. The highest BCUT2D eigenvalue weighted by molar-refractivity contribution is 7.99. The Bertz CT molecular complexity index is 1320. The van der Waals surface area contributed by atoms with Crippen molar-refractivity contribution in [3.8, 4) is 28.6 Å². The maximum atomic E-state index is 12.4. The maximum absolute atomic E-state index is 12.4. The van der Waals surface area contributed by atoms with Crippen molar-refractivity contribution < 1.29 is 14.3 Å². The summed E-state index contributed by atoms with van der Waals surface area (Å²) in [4.78, 5) is 12.4. The summed E-state index contributed by atoms with van der Waals surface area (Å²) in [5, 5.41) is 12.8. The standard InChI is InChI=1S/C29H32N4O3S/c1-21-9-7-12-24(19-21)33-28(23-10-5-4-6-11-23)31-32-29(33)37-18-8-13-27(34)30-17-16-22-14-15-25(35-2)26(20-22)36-3/h4-7,9-12,14-15,19-20H,8,13,16-18H2,1-3H3,(H,30,34). The summed E-state index contributed by atoms with van der Waals surface area (Å²) < 4.78 is 12.7. The predicted octanol–water partition coefficient (Wildman–Crippen LogP) is 5.49. The van der Waals surface area contributed by atoms with Gasteiger partial charge in [-0.05, 0) is 55.2 Å². The number of nitrogens with zero attached hydrogens (tertiary/aromatic N) is 3. The van der Waals surface area contributed by atoms with Crippen LogP contribution in [0.5, 0.6) is 11.5 Å². The first-order chi connectivity index (χ1) is 18.1. The Labute approximate surface area is 222 Å². The number of methoxy groups -OCH3 is 2. The Morgan fingerprint density at radius 3 is 2.51 bits per heavy atom. The summed E-state index contributed by atoms with van der Waals surface area (Å²) in [6.07, 6.45) is 1.93. The Balaban J connectivity index is 1.31. The summed E-state index contributed by atoms with van der Waals surface area (Å²) in [5.41, 5.74) is 4.29. The molecule has 3 aromatic carbocycles. The monoisotopic (exact) mass is 516 g/mol. The number of benzene rings is 3. The molecule has 0 bridgehead atoms. The van der Waals surface area contributed by atoms with E-state index in [1.54, 1.807) is 26.0 Å². The van der Waals surface area contributed by atoms with Crippen LogP contribution in [0.1, 0.15) is 24.0 Å². The minimum Gasteiger partial charge on any atom is -0.493 e. The van der Waals surface area contributed by atoms with Crippen LogP contribution in [0.15, 0.2) is 78.0 Å². The lowest BCUT2D eigenvalue weighted by molar-refractivity contribution is -0.121. The van der Waals surface area contributed by atoms with Gasteiger partial charge in [0.15, 0.2) is 22.5 Å². The normalized spacial score (nSPS) is 10.8. The van der Waals surface area contributed by atoms with E-state index in [0.29, 0.717) is 24.5 Å². The van der Waals surface area contributed by atoms with Gasteiger partial charge in [-0.2, -0.15) is 0 Å². The zero-order valence-electron chi connectivity index (χ0n) is 21.4. The minimum atomic E-state index is 0.0474. The summed E-state index contributed by atoms with van der Waals surface area (Å²) in [6, 6.07) is 24.2. The smallest absolute Gasteiger partial charge is 0.220 e. The molecule has 0 aliphatic rings. The van der Waals surface area contributed by atoms with Crippen molar-refractivity contribution in [1.29, 1.82) is 0 Å². The first kappa shape index (κ1) is 26.3. The van der Waals surface area contributed by atoms with E-state index in [2.05, 4.69) is 45.2 Å². The quantitative estimate of drug-likeness (QED) is 0.198. The second-order valence-electron chi connectivity index (χ2n) is 8.59. The molecule has 0 fully saturated rings. The molecule has 0 spiro atoms. The van der Waals surface area contributed by atoms with Gasteiger partial charge in [0.1, 0.15) is 0 Å². The highest BCUT2D eigenvalue weighted by Crippen LogP contribution is 2.29. The number of aromatic nitrogens is 3. The number of ether oxygens (including phenoxy) is 2. The molecule has 0 atom stereocenters. The second-order valence-corrected chi connectivity index (χ2v) is 9.65. The molecule has 4 rings (SSSR count). The van der Waals surface area contributed by atoms with Gasteiger partial charge in [-0.3, -0.25) is 9.36 Å². The molecule has 1 amide bonds. The Morgan fingerprint density at radius 2 is 1.76 bits per heavy atom. The van der Waals surface area contributed by atoms with Gasteiger partial charge < -0.3 is 14.8 Å². The third-order valence-electron chi connectivity index (χ3n) is 5.89. The van der Waals surface area contributed by atoms with Gasteiger partial charge in [0, 0.05) is 30.0 Å². The highest BCUT2D eigenvalue weighted by atomic mass is 32.2. The van der Waals surface area contributed by atoms with Crippen molar-refractivity contribution >= 4 is 17.7 Å². The Kier molecular flexibility index (Phi) is 9.21. The third-order valence-corrected chi connectivity index (χ3v) is 6.90. The van der Waals surface area contributed by atoms with Crippen LogP contribution in [0.25, 0.3) is 17.1 Å². The number of amides is 1. The van der Waals surface area contributed by atoms with Crippen molar-refractivity contribution in [2.24, 2.45) is 0 Å². The van der Waals surface area contributed by atoms with Crippen LogP contribution in [-0.2, 0) is 11.2 Å². The largest absolute Gasteiger partial charge is 0.493 e. The van der Waals surface area contributed by atoms with Crippen LogP contribution in [0.3, 0.4) is 0 Å². The van der Waals surface area contributed by atoms with E-state index in [-0.39, 0.29) is 5.91 Å². The van der Waals surface area contributed by atoms with Crippen LogP contribution >= 0.6 is 11.8 Å². The van der Waals surface area contributed by atoms with Gasteiger partial charge in [-0.1, -0.05) is 60.3 Å². The molecule has 0 aliphatic heterocycles. The lowest BCUT2D eigenvalue weighted by atomic mass is 10.1. The lowest BCUT2D eigenvalue weighted by Gasteiger charge is -2.11. The third kappa shape index (κ3) is 6.92. The van der Waals surface area contributed by atoms with Crippen molar-refractivity contribution in [3.63, 3.8) is 0 Å². The van der Waals surface area contributed by atoms with Crippen LogP contribution in [0.4, 0.5) is 0 Å². The van der Waals surface area contributed by atoms with Gasteiger partial charge in [0.2, 0.25) is 5.91 Å². The summed E-state index contributed by atoms with van der Waals surface area (Å²) in [7, 11) is 3.23. The molecule has 192 valence electrons. The summed E-state index contributed by atoms with van der Waals surface area (Å²) in [5.74, 6) is 3.01. The molecule has 4 aromatic rings. The van der Waals surface area contributed by atoms with Crippen LogP contribution < -0.4 is 14.8 Å². The molecule has 37 heavy (non-hydrogen) atoms. The van der Waals surface area contributed by atoms with Gasteiger partial charge in [0.05, 0.1) is 14.2 Å². The molecule has 7 nitrogen and oxygen atoms in total. The molecule has 0 radical (unpaired) electrons. The average molecular weight is 517 g/mol. The van der Waals surface area contributed by atoms with E-state index in [1.807, 2.05) is 54.6 Å². The lowest BCUT2D eigenvalue weighted by Crippen LogP contribution is -2.25. The molecular formula is C29H32N4O3S. The maximum Gasteiger partial charge on any atom is 0.220 e. The number of rotatable bonds is 12. The molecule has 0 aliphatic carbocycles. The van der Waals surface area contributed by atoms with Crippen LogP contribution in [-0.4, -0.2) is 47.2 Å². The Hall–Kier alpha value is -3.78. The number of hydrogen-bond donors (Lipinski definition) is 1. The van der Waals surface area contributed by atoms with Crippen LogP contribution in [0.2, 0.25) is 0 Å². The zero-order chi connectivity index (χ0) is 26.0. The molecule has 0 unspecified atom stereocenters. The van der Waals surface area contributed by atoms with Crippen molar-refractivity contribution in [1.82, 2.24) is 20.1 Å². The zero-order valence-corrected chi connectivity index (χ0v) is 22.3. The molecular weight excluding hydrogens is 484 g/mol. The van der Waals surface area contributed by atoms with Gasteiger partial charge >= 0.3 is 0 Å². The molecule has 8 heteroatoms. The fourth-order valence-corrected chi connectivity index (χ4v) is 4.90. The number of nitrogens with one attached hydrogen (secondary N) is 1. The van der Waals surface area contributed by atoms with E-state index in [9.17, 15) is 4.79 Å². The first-order valence-corrected chi connectivity index (χ1v) is 13.3. The minimum absolute atomic E-state index is 0.0474. The highest BCUT2D eigenvalue weighted by Gasteiger charge is 2.16. The predicted molar refractivity (Wildman–Crippen MR) is 148 cm³/mol. The van der Waals surface area contributed by atoms with E-state index in [4.69, 9.17) is 9.47 Å². The van der Waals surface area contributed by atoms with Crippen molar-refractivity contribution in [3.05, 3.63) is 83.9 Å². The van der Waals surface area contributed by atoms with E-state index < -0.39 is 0 Å². The van der Waals surface area contributed by atoms with Gasteiger partial charge in [-0.15, -0.1) is 10.2 Å². The molecule has 1 heterocycles. The molecule has 1 N–H and O–H groups in total. The number of thioether (sulfide) groups is 1. The molecule has 0 saturated heterocycles. The Morgan fingerprint density at radius 1 is 0.946 bits per heavy atom. The number of aryl methyl sites for hydroxylation is 1. The summed E-state index contributed by atoms with van der Waals surface area (Å²) >= 11 is 1.62.